The van der Waals surface area contributed by atoms with Crippen LogP contribution < -0.4 is 5.32 Å². The molecule has 0 spiro atoms. The quantitative estimate of drug-likeness (QED) is 0.850. The lowest BCUT2D eigenvalue weighted by Crippen LogP contribution is -2.43. The second-order valence-corrected chi connectivity index (χ2v) is 6.46. The van der Waals surface area contributed by atoms with Gasteiger partial charge in [0.05, 0.1) is 18.4 Å². The predicted molar refractivity (Wildman–Crippen MR) is 89.6 cm³/mol. The normalized spacial score (nSPS) is 18.8. The van der Waals surface area contributed by atoms with E-state index in [4.69, 9.17) is 16.7 Å². The average Bonchev–Trinajstić information content (AvgIpc) is 2.54. The first-order chi connectivity index (χ1) is 11.4. The SMILES string of the molecule is CC(=O)N[C@@H](CC(=O)N1CCC[C@@H](C(=O)O)C1)c1ccc(Cl)cc1. The molecule has 0 unspecified atom stereocenters. The Morgan fingerprint density at radius 2 is 2.00 bits per heavy atom. The minimum Gasteiger partial charge on any atom is -0.481 e. The van der Waals surface area contributed by atoms with Gasteiger partial charge >= 0.3 is 5.97 Å². The molecule has 0 radical (unpaired) electrons. The van der Waals surface area contributed by atoms with Crippen LogP contribution in [0.1, 0.15) is 37.8 Å². The molecule has 0 aromatic heterocycles. The standard InChI is InChI=1S/C17H21ClN2O4/c1-11(21)19-15(12-4-6-14(18)7-5-12)9-16(22)20-8-2-3-13(10-20)17(23)24/h4-7,13,15H,2-3,8-10H2,1H3,(H,19,21)(H,23,24)/t13-,15+/m1/s1. The number of piperidine rings is 1. The summed E-state index contributed by atoms with van der Waals surface area (Å²) in [5.41, 5.74) is 0.787. The molecule has 1 heterocycles. The second-order valence-electron chi connectivity index (χ2n) is 6.03. The Kier molecular flexibility index (Phi) is 6.20. The maximum Gasteiger partial charge on any atom is 0.308 e. The van der Waals surface area contributed by atoms with E-state index in [9.17, 15) is 14.4 Å². The van der Waals surface area contributed by atoms with E-state index >= 15 is 0 Å². The van der Waals surface area contributed by atoms with Gasteiger partial charge < -0.3 is 15.3 Å². The van der Waals surface area contributed by atoms with Crippen LogP contribution in [0.3, 0.4) is 0 Å². The van der Waals surface area contributed by atoms with Crippen molar-refractivity contribution in [1.82, 2.24) is 10.2 Å². The number of carbonyl (C=O) groups excluding carboxylic acids is 2. The van der Waals surface area contributed by atoms with Gasteiger partial charge in [0.1, 0.15) is 0 Å². The third-order valence-electron chi connectivity index (χ3n) is 4.15. The van der Waals surface area contributed by atoms with E-state index in [1.807, 2.05) is 0 Å². The predicted octanol–water partition coefficient (Wildman–Crippen LogP) is 2.23. The molecule has 1 aliphatic rings. The number of halogens is 1. The highest BCUT2D eigenvalue weighted by Gasteiger charge is 2.29. The van der Waals surface area contributed by atoms with E-state index in [0.29, 0.717) is 24.4 Å². The number of nitrogens with one attached hydrogen (secondary N) is 1. The zero-order valence-corrected chi connectivity index (χ0v) is 14.3. The Morgan fingerprint density at radius 3 is 2.58 bits per heavy atom. The minimum atomic E-state index is -0.872. The minimum absolute atomic E-state index is 0.0908. The van der Waals surface area contributed by atoms with Crippen molar-refractivity contribution in [2.45, 2.75) is 32.2 Å². The Balaban J connectivity index is 2.08. The maximum absolute atomic E-state index is 12.6. The van der Waals surface area contributed by atoms with Crippen molar-refractivity contribution in [3.8, 4) is 0 Å². The van der Waals surface area contributed by atoms with Crippen molar-refractivity contribution in [2.75, 3.05) is 13.1 Å². The van der Waals surface area contributed by atoms with Gasteiger partial charge in [0, 0.05) is 25.0 Å². The van der Waals surface area contributed by atoms with E-state index in [1.54, 1.807) is 29.2 Å². The number of aliphatic carboxylic acids is 1. The van der Waals surface area contributed by atoms with Crippen LogP contribution in [0.15, 0.2) is 24.3 Å². The molecule has 0 bridgehead atoms. The molecule has 1 fully saturated rings. The lowest BCUT2D eigenvalue weighted by Gasteiger charge is -2.32. The first-order valence-electron chi connectivity index (χ1n) is 7.90. The highest BCUT2D eigenvalue weighted by atomic mass is 35.5. The zero-order valence-electron chi connectivity index (χ0n) is 13.5. The molecule has 1 aromatic rings. The van der Waals surface area contributed by atoms with Crippen LogP contribution in [-0.2, 0) is 14.4 Å². The number of benzene rings is 1. The smallest absolute Gasteiger partial charge is 0.308 e. The summed E-state index contributed by atoms with van der Waals surface area (Å²) in [5.74, 6) is -1.78. The summed E-state index contributed by atoms with van der Waals surface area (Å²) in [6, 6.07) is 6.49. The van der Waals surface area contributed by atoms with Crippen LogP contribution >= 0.6 is 11.6 Å². The Bertz CT molecular complexity index is 618. The van der Waals surface area contributed by atoms with Crippen molar-refractivity contribution in [2.24, 2.45) is 5.92 Å². The van der Waals surface area contributed by atoms with Gasteiger partial charge in [0.2, 0.25) is 11.8 Å². The van der Waals surface area contributed by atoms with Crippen LogP contribution in [-0.4, -0.2) is 40.9 Å². The van der Waals surface area contributed by atoms with Gasteiger partial charge in [-0.05, 0) is 30.5 Å². The molecule has 1 saturated heterocycles. The van der Waals surface area contributed by atoms with Crippen LogP contribution in [0.4, 0.5) is 0 Å². The fraction of sp³-hybridized carbons (Fsp3) is 0.471. The van der Waals surface area contributed by atoms with Gasteiger partial charge in [-0.2, -0.15) is 0 Å². The summed E-state index contributed by atoms with van der Waals surface area (Å²) >= 11 is 5.88. The topological polar surface area (TPSA) is 86.7 Å². The van der Waals surface area contributed by atoms with Crippen molar-refractivity contribution < 1.29 is 19.5 Å². The van der Waals surface area contributed by atoms with Gasteiger partial charge in [-0.25, -0.2) is 0 Å². The molecule has 24 heavy (non-hydrogen) atoms. The number of amides is 2. The highest BCUT2D eigenvalue weighted by Crippen LogP contribution is 2.23. The Labute approximate surface area is 145 Å². The van der Waals surface area contributed by atoms with E-state index in [2.05, 4.69) is 5.32 Å². The first-order valence-corrected chi connectivity index (χ1v) is 8.27. The second kappa shape index (κ2) is 8.15. The van der Waals surface area contributed by atoms with Gasteiger partial charge in [-0.3, -0.25) is 14.4 Å². The monoisotopic (exact) mass is 352 g/mol. The summed E-state index contributed by atoms with van der Waals surface area (Å²) in [6.45, 7) is 2.17. The number of nitrogens with zero attached hydrogens (tertiary/aromatic N) is 1. The molecular weight excluding hydrogens is 332 g/mol. The fourth-order valence-corrected chi connectivity index (χ4v) is 3.03. The van der Waals surface area contributed by atoms with Crippen molar-refractivity contribution in [3.05, 3.63) is 34.9 Å². The number of carboxylic acid groups (broad SMARTS) is 1. The van der Waals surface area contributed by atoms with Gasteiger partial charge in [0.15, 0.2) is 0 Å². The zero-order chi connectivity index (χ0) is 17.7. The molecule has 2 rings (SSSR count). The Morgan fingerprint density at radius 1 is 1.33 bits per heavy atom. The lowest BCUT2D eigenvalue weighted by molar-refractivity contribution is -0.145. The van der Waals surface area contributed by atoms with E-state index < -0.39 is 17.9 Å². The lowest BCUT2D eigenvalue weighted by atomic mass is 9.97. The third kappa shape index (κ3) is 4.96. The fourth-order valence-electron chi connectivity index (χ4n) is 2.90. The number of carbonyl (C=O) groups is 3. The van der Waals surface area contributed by atoms with Gasteiger partial charge in [-0.15, -0.1) is 0 Å². The summed E-state index contributed by atoms with van der Waals surface area (Å²) in [5, 5.41) is 12.5. The average molecular weight is 353 g/mol. The molecule has 0 aliphatic carbocycles. The number of likely N-dealkylation sites (tertiary alicyclic amines) is 1. The Hall–Kier alpha value is -2.08. The third-order valence-corrected chi connectivity index (χ3v) is 4.40. The van der Waals surface area contributed by atoms with Crippen LogP contribution in [0.2, 0.25) is 5.02 Å². The van der Waals surface area contributed by atoms with E-state index in [-0.39, 0.29) is 24.8 Å². The number of hydrogen-bond acceptors (Lipinski definition) is 3. The molecule has 1 aromatic carbocycles. The molecule has 2 amide bonds. The molecule has 0 saturated carbocycles. The van der Waals surface area contributed by atoms with Crippen molar-refractivity contribution in [1.29, 1.82) is 0 Å². The molecule has 7 heteroatoms. The van der Waals surface area contributed by atoms with Crippen molar-refractivity contribution in [3.63, 3.8) is 0 Å². The molecule has 1 aliphatic heterocycles. The molecule has 6 nitrogen and oxygen atoms in total. The largest absolute Gasteiger partial charge is 0.481 e. The first kappa shape index (κ1) is 18.3. The summed E-state index contributed by atoms with van der Waals surface area (Å²) in [7, 11) is 0. The van der Waals surface area contributed by atoms with Crippen LogP contribution in [0, 0.1) is 5.92 Å². The van der Waals surface area contributed by atoms with Crippen molar-refractivity contribution >= 4 is 29.4 Å². The summed E-state index contributed by atoms with van der Waals surface area (Å²) in [4.78, 5) is 36.7. The molecule has 130 valence electrons. The van der Waals surface area contributed by atoms with E-state index in [0.717, 1.165) is 5.56 Å². The van der Waals surface area contributed by atoms with Gasteiger partial charge in [0.25, 0.3) is 0 Å². The van der Waals surface area contributed by atoms with Gasteiger partial charge in [-0.1, -0.05) is 23.7 Å². The summed E-state index contributed by atoms with van der Waals surface area (Å²) in [6.07, 6.45) is 1.35. The molecule has 2 N–H and O–H groups in total. The molecule has 2 atom stereocenters. The van der Waals surface area contributed by atoms with Crippen LogP contribution in [0.25, 0.3) is 0 Å². The summed E-state index contributed by atoms with van der Waals surface area (Å²) < 4.78 is 0. The highest BCUT2D eigenvalue weighted by molar-refractivity contribution is 6.30. The van der Waals surface area contributed by atoms with E-state index in [1.165, 1.54) is 6.92 Å². The molecular formula is C17H21ClN2O4. The number of rotatable bonds is 5. The maximum atomic E-state index is 12.6. The number of carboxylic acids is 1. The van der Waals surface area contributed by atoms with Crippen LogP contribution in [0.5, 0.6) is 0 Å². The number of hydrogen-bond donors (Lipinski definition) is 2.